The van der Waals surface area contributed by atoms with Gasteiger partial charge < -0.3 is 15.5 Å². The van der Waals surface area contributed by atoms with Crippen LogP contribution in [0.25, 0.3) is 11.0 Å². The van der Waals surface area contributed by atoms with Crippen LogP contribution in [0.4, 0.5) is 5.69 Å². The lowest BCUT2D eigenvalue weighted by Crippen LogP contribution is -2.17. The van der Waals surface area contributed by atoms with Crippen LogP contribution in [0.2, 0.25) is 0 Å². The maximum atomic E-state index is 11.3. The number of carbonyl (C=O) groups is 2. The van der Waals surface area contributed by atoms with Crippen LogP contribution in [-0.4, -0.2) is 17.7 Å². The number of furan rings is 1. The summed E-state index contributed by atoms with van der Waals surface area (Å²) in [5.74, 6) is -1.46. The van der Waals surface area contributed by atoms with Crippen LogP contribution in [0.15, 0.2) is 28.7 Å². The maximum Gasteiger partial charge on any atom is 0.286 e. The molecule has 0 unspecified atom stereocenters. The largest absolute Gasteiger partial charge is 0.449 e. The first-order valence-electron chi connectivity index (χ1n) is 4.80. The highest BCUT2D eigenvalue weighted by Gasteiger charge is 2.19. The number of halogens is 1. The van der Waals surface area contributed by atoms with Gasteiger partial charge in [0.25, 0.3) is 5.91 Å². The van der Waals surface area contributed by atoms with E-state index in [1.54, 1.807) is 24.3 Å². The molecule has 0 saturated carbocycles. The van der Waals surface area contributed by atoms with Crippen molar-refractivity contribution in [2.24, 2.45) is 5.73 Å². The van der Waals surface area contributed by atoms with Crippen molar-refractivity contribution < 1.29 is 14.0 Å². The second-order valence-corrected chi connectivity index (χ2v) is 3.62. The van der Waals surface area contributed by atoms with Crippen molar-refractivity contribution in [1.29, 1.82) is 0 Å². The number of anilines is 1. The number of hydrogen-bond acceptors (Lipinski definition) is 3. The molecule has 0 aliphatic carbocycles. The monoisotopic (exact) mass is 252 g/mol. The van der Waals surface area contributed by atoms with Crippen molar-refractivity contribution >= 4 is 40.1 Å². The lowest BCUT2D eigenvalue weighted by molar-refractivity contribution is -0.113. The molecule has 0 aliphatic rings. The summed E-state index contributed by atoms with van der Waals surface area (Å²) in [6, 6.07) is 6.91. The minimum atomic E-state index is -0.744. The predicted molar refractivity (Wildman–Crippen MR) is 64.1 cm³/mol. The Morgan fingerprint density at radius 2 is 2.06 bits per heavy atom. The standard InChI is InChI=1S/C11H9ClN2O3/c12-5-8(15)14-9-6-3-1-2-4-7(6)17-10(9)11(13)16/h1-4H,5H2,(H2,13,16)(H,14,15). The van der Waals surface area contributed by atoms with E-state index in [0.717, 1.165) is 0 Å². The van der Waals surface area contributed by atoms with Gasteiger partial charge in [0.2, 0.25) is 11.7 Å². The molecule has 5 nitrogen and oxygen atoms in total. The summed E-state index contributed by atoms with van der Waals surface area (Å²) < 4.78 is 5.27. The molecule has 2 rings (SSSR count). The van der Waals surface area contributed by atoms with Crippen LogP contribution in [0.3, 0.4) is 0 Å². The molecule has 6 heteroatoms. The van der Waals surface area contributed by atoms with Gasteiger partial charge in [-0.3, -0.25) is 9.59 Å². The second kappa shape index (κ2) is 4.47. The highest BCUT2D eigenvalue weighted by atomic mass is 35.5. The average Bonchev–Trinajstić information content (AvgIpc) is 2.68. The number of fused-ring (bicyclic) bond motifs is 1. The van der Waals surface area contributed by atoms with E-state index in [2.05, 4.69) is 5.32 Å². The summed E-state index contributed by atoms with van der Waals surface area (Å²) >= 11 is 5.39. The molecular weight excluding hydrogens is 244 g/mol. The van der Waals surface area contributed by atoms with Gasteiger partial charge in [-0.25, -0.2) is 0 Å². The molecule has 2 amide bonds. The molecule has 0 saturated heterocycles. The van der Waals surface area contributed by atoms with Crippen molar-refractivity contribution in [3.63, 3.8) is 0 Å². The first-order chi connectivity index (χ1) is 8.13. The normalized spacial score (nSPS) is 10.4. The minimum Gasteiger partial charge on any atom is -0.449 e. The third-order valence-corrected chi connectivity index (χ3v) is 2.45. The average molecular weight is 253 g/mol. The maximum absolute atomic E-state index is 11.3. The molecule has 2 aromatic rings. The highest BCUT2D eigenvalue weighted by Crippen LogP contribution is 2.30. The van der Waals surface area contributed by atoms with Crippen LogP contribution >= 0.6 is 11.6 Å². The zero-order chi connectivity index (χ0) is 12.4. The van der Waals surface area contributed by atoms with Gasteiger partial charge in [0.05, 0.1) is 0 Å². The Kier molecular flexibility index (Phi) is 3.01. The predicted octanol–water partition coefficient (Wildman–Crippen LogP) is 1.71. The van der Waals surface area contributed by atoms with E-state index in [9.17, 15) is 9.59 Å². The van der Waals surface area contributed by atoms with Crippen molar-refractivity contribution in [1.82, 2.24) is 0 Å². The van der Waals surface area contributed by atoms with E-state index in [1.165, 1.54) is 0 Å². The van der Waals surface area contributed by atoms with Crippen LogP contribution in [-0.2, 0) is 4.79 Å². The summed E-state index contributed by atoms with van der Waals surface area (Å²) in [6.45, 7) is 0. The quantitative estimate of drug-likeness (QED) is 0.816. The van der Waals surface area contributed by atoms with Gasteiger partial charge in [-0.15, -0.1) is 11.6 Å². The van der Waals surface area contributed by atoms with Gasteiger partial charge in [-0.05, 0) is 12.1 Å². The third-order valence-electron chi connectivity index (χ3n) is 2.21. The zero-order valence-electron chi connectivity index (χ0n) is 8.70. The molecule has 17 heavy (non-hydrogen) atoms. The molecule has 1 aromatic carbocycles. The van der Waals surface area contributed by atoms with Crippen molar-refractivity contribution in [2.45, 2.75) is 0 Å². The van der Waals surface area contributed by atoms with Gasteiger partial charge in [0, 0.05) is 5.39 Å². The summed E-state index contributed by atoms with van der Waals surface area (Å²) in [7, 11) is 0. The number of carbonyl (C=O) groups excluding carboxylic acids is 2. The van der Waals surface area contributed by atoms with Crippen LogP contribution in [0.1, 0.15) is 10.6 Å². The Morgan fingerprint density at radius 1 is 1.35 bits per heavy atom. The van der Waals surface area contributed by atoms with Crippen molar-refractivity contribution in [3.8, 4) is 0 Å². The molecule has 88 valence electrons. The zero-order valence-corrected chi connectivity index (χ0v) is 9.45. The first kappa shape index (κ1) is 11.5. The van der Waals surface area contributed by atoms with Gasteiger partial charge in [0.15, 0.2) is 0 Å². The van der Waals surface area contributed by atoms with Gasteiger partial charge in [-0.1, -0.05) is 12.1 Å². The van der Waals surface area contributed by atoms with E-state index in [4.69, 9.17) is 21.8 Å². The fraction of sp³-hybridized carbons (Fsp3) is 0.0909. The van der Waals surface area contributed by atoms with E-state index in [1.807, 2.05) is 0 Å². The summed E-state index contributed by atoms with van der Waals surface area (Å²) in [5.41, 5.74) is 5.92. The minimum absolute atomic E-state index is 0.0790. The molecule has 0 aliphatic heterocycles. The summed E-state index contributed by atoms with van der Waals surface area (Å²) in [4.78, 5) is 22.5. The number of nitrogens with two attached hydrogens (primary N) is 1. The number of nitrogens with one attached hydrogen (secondary N) is 1. The smallest absolute Gasteiger partial charge is 0.286 e. The van der Waals surface area contributed by atoms with Gasteiger partial charge in [-0.2, -0.15) is 0 Å². The Morgan fingerprint density at radius 3 is 2.71 bits per heavy atom. The number of amides is 2. The number of rotatable bonds is 3. The molecular formula is C11H9ClN2O3. The number of hydrogen-bond donors (Lipinski definition) is 2. The Hall–Kier alpha value is -2.01. The fourth-order valence-corrected chi connectivity index (χ4v) is 1.58. The highest BCUT2D eigenvalue weighted by molar-refractivity contribution is 6.29. The molecule has 0 fully saturated rings. The Bertz CT molecular complexity index is 591. The van der Waals surface area contributed by atoms with E-state index < -0.39 is 11.8 Å². The molecule has 0 radical (unpaired) electrons. The Labute approximate surface area is 102 Å². The third kappa shape index (κ3) is 2.09. The first-order valence-corrected chi connectivity index (χ1v) is 5.34. The van der Waals surface area contributed by atoms with Crippen LogP contribution in [0, 0.1) is 0 Å². The SMILES string of the molecule is NC(=O)c1oc2ccccc2c1NC(=O)CCl. The second-order valence-electron chi connectivity index (χ2n) is 3.35. The lowest BCUT2D eigenvalue weighted by Gasteiger charge is -2.01. The number of alkyl halides is 1. The fourth-order valence-electron chi connectivity index (χ4n) is 1.52. The number of benzene rings is 1. The molecule has 1 heterocycles. The van der Waals surface area contributed by atoms with E-state index >= 15 is 0 Å². The van der Waals surface area contributed by atoms with Gasteiger partial charge >= 0.3 is 0 Å². The number of primary amides is 1. The summed E-state index contributed by atoms with van der Waals surface area (Å²) in [5, 5.41) is 3.11. The van der Waals surface area contributed by atoms with Crippen molar-refractivity contribution in [3.05, 3.63) is 30.0 Å². The number of para-hydroxylation sites is 1. The topological polar surface area (TPSA) is 85.3 Å². The molecule has 1 aromatic heterocycles. The summed E-state index contributed by atoms with van der Waals surface area (Å²) in [6.07, 6.45) is 0. The van der Waals surface area contributed by atoms with E-state index in [-0.39, 0.29) is 17.3 Å². The molecule has 3 N–H and O–H groups in total. The van der Waals surface area contributed by atoms with Gasteiger partial charge in [0.1, 0.15) is 17.2 Å². The molecule has 0 atom stereocenters. The Balaban J connectivity index is 2.59. The lowest BCUT2D eigenvalue weighted by atomic mass is 10.2. The molecule has 0 bridgehead atoms. The molecule has 0 spiro atoms. The van der Waals surface area contributed by atoms with Crippen LogP contribution in [0.5, 0.6) is 0 Å². The van der Waals surface area contributed by atoms with Crippen molar-refractivity contribution in [2.75, 3.05) is 11.2 Å². The van der Waals surface area contributed by atoms with Crippen LogP contribution < -0.4 is 11.1 Å². The van der Waals surface area contributed by atoms with E-state index in [0.29, 0.717) is 11.0 Å².